The highest BCUT2D eigenvalue weighted by Crippen LogP contribution is 2.20. The molecule has 2 nitrogen and oxygen atoms in total. The number of benzene rings is 1. The molecule has 4 N–H and O–H groups in total. The van der Waals surface area contributed by atoms with Crippen molar-refractivity contribution in [3.05, 3.63) is 34.9 Å². The van der Waals surface area contributed by atoms with Gasteiger partial charge in [0.05, 0.1) is 13.1 Å². The van der Waals surface area contributed by atoms with Crippen LogP contribution in [0.2, 0.25) is 5.02 Å². The van der Waals surface area contributed by atoms with Crippen LogP contribution >= 0.6 is 11.6 Å². The van der Waals surface area contributed by atoms with Crippen LogP contribution in [-0.4, -0.2) is 19.6 Å². The Balaban J connectivity index is 2.17. The number of hydrogen-bond donors (Lipinski definition) is 2. The highest BCUT2D eigenvalue weighted by Gasteiger charge is 2.26. The minimum Gasteiger partial charge on any atom is -0.352 e. The molecule has 2 rings (SSSR count). The molecule has 1 heterocycles. The molecule has 0 amide bonds. The van der Waals surface area contributed by atoms with Gasteiger partial charge in [0.15, 0.2) is 6.04 Å². The van der Waals surface area contributed by atoms with Gasteiger partial charge in [0.2, 0.25) is 0 Å². The van der Waals surface area contributed by atoms with E-state index in [1.165, 1.54) is 44.3 Å². The molecule has 0 aliphatic carbocycles. The minimum absolute atomic E-state index is 0.474. The Morgan fingerprint density at radius 1 is 1.12 bits per heavy atom. The molecule has 94 valence electrons. The Kier molecular flexibility index (Phi) is 4.84. The van der Waals surface area contributed by atoms with Crippen LogP contribution in [0.4, 0.5) is 0 Å². The number of nitrogens with one attached hydrogen (secondary N) is 1. The Labute approximate surface area is 109 Å². The second-order valence-electron chi connectivity index (χ2n) is 4.94. The molecule has 1 fully saturated rings. The van der Waals surface area contributed by atoms with Gasteiger partial charge in [-0.25, -0.2) is 0 Å². The van der Waals surface area contributed by atoms with Crippen LogP contribution in [0.1, 0.15) is 37.3 Å². The first kappa shape index (κ1) is 12.9. The van der Waals surface area contributed by atoms with E-state index >= 15 is 0 Å². The van der Waals surface area contributed by atoms with Gasteiger partial charge in [-0.2, -0.15) is 0 Å². The van der Waals surface area contributed by atoms with Crippen molar-refractivity contribution >= 4 is 11.6 Å². The maximum absolute atomic E-state index is 6.32. The van der Waals surface area contributed by atoms with Crippen molar-refractivity contribution < 1.29 is 10.6 Å². The standard InChI is InChI=1S/C14H21ClN2/c15-13-8-4-3-7-12(13)14(11-16)17-9-5-1-2-6-10-17/h3-4,7-8,14H,1-2,5-6,9-11,16H2/p+2/t14-/m1/s1. The van der Waals surface area contributed by atoms with Gasteiger partial charge in [0.25, 0.3) is 0 Å². The average molecular weight is 255 g/mol. The van der Waals surface area contributed by atoms with Crippen LogP contribution < -0.4 is 10.6 Å². The number of halogens is 1. The zero-order valence-corrected chi connectivity index (χ0v) is 11.2. The van der Waals surface area contributed by atoms with Gasteiger partial charge >= 0.3 is 0 Å². The van der Waals surface area contributed by atoms with Gasteiger partial charge in [-0.3, -0.25) is 0 Å². The van der Waals surface area contributed by atoms with E-state index in [1.54, 1.807) is 4.90 Å². The molecule has 0 bridgehead atoms. The molecule has 0 aromatic heterocycles. The molecule has 1 atom stereocenters. The summed E-state index contributed by atoms with van der Waals surface area (Å²) in [5.41, 5.74) is 5.41. The van der Waals surface area contributed by atoms with Gasteiger partial charge in [0.1, 0.15) is 6.54 Å². The first-order valence-electron chi connectivity index (χ1n) is 6.71. The third kappa shape index (κ3) is 3.21. The summed E-state index contributed by atoms with van der Waals surface area (Å²) in [4.78, 5) is 1.67. The van der Waals surface area contributed by atoms with E-state index in [9.17, 15) is 0 Å². The quantitative estimate of drug-likeness (QED) is 0.809. The van der Waals surface area contributed by atoms with Crippen LogP contribution in [0.15, 0.2) is 24.3 Å². The van der Waals surface area contributed by atoms with Gasteiger partial charge in [-0.05, 0) is 31.7 Å². The van der Waals surface area contributed by atoms with Crippen LogP contribution in [-0.2, 0) is 0 Å². The lowest BCUT2D eigenvalue weighted by Gasteiger charge is -2.26. The Hall–Kier alpha value is -0.570. The fourth-order valence-corrected chi connectivity index (χ4v) is 3.14. The largest absolute Gasteiger partial charge is 0.352 e. The summed E-state index contributed by atoms with van der Waals surface area (Å²) in [5, 5.41) is 0.901. The van der Waals surface area contributed by atoms with Gasteiger partial charge in [-0.15, -0.1) is 0 Å². The monoisotopic (exact) mass is 254 g/mol. The highest BCUT2D eigenvalue weighted by molar-refractivity contribution is 6.31. The SMILES string of the molecule is [NH3+]C[C@H](c1ccccc1Cl)[NH+]1CCCCCC1. The van der Waals surface area contributed by atoms with E-state index in [2.05, 4.69) is 17.9 Å². The third-order valence-corrected chi connectivity index (χ3v) is 4.15. The van der Waals surface area contributed by atoms with Crippen molar-refractivity contribution in [1.29, 1.82) is 0 Å². The van der Waals surface area contributed by atoms with Crippen molar-refractivity contribution in [2.75, 3.05) is 19.6 Å². The van der Waals surface area contributed by atoms with E-state index in [-0.39, 0.29) is 0 Å². The summed E-state index contributed by atoms with van der Waals surface area (Å²) in [6, 6.07) is 8.72. The second-order valence-corrected chi connectivity index (χ2v) is 5.34. The zero-order chi connectivity index (χ0) is 12.1. The second kappa shape index (κ2) is 6.39. The first-order valence-corrected chi connectivity index (χ1v) is 7.09. The third-order valence-electron chi connectivity index (χ3n) is 3.81. The summed E-state index contributed by atoms with van der Waals surface area (Å²) in [6.45, 7) is 3.47. The number of likely N-dealkylation sites (tertiary alicyclic amines) is 1. The molecular formula is C14H23ClN2+2. The van der Waals surface area contributed by atoms with E-state index < -0.39 is 0 Å². The molecule has 17 heavy (non-hydrogen) atoms. The highest BCUT2D eigenvalue weighted by atomic mass is 35.5. The van der Waals surface area contributed by atoms with Crippen molar-refractivity contribution in [3.8, 4) is 0 Å². The Morgan fingerprint density at radius 2 is 1.76 bits per heavy atom. The number of rotatable bonds is 3. The molecule has 0 unspecified atom stereocenters. The van der Waals surface area contributed by atoms with Crippen molar-refractivity contribution in [2.24, 2.45) is 0 Å². The molecule has 1 saturated heterocycles. The molecule has 0 radical (unpaired) electrons. The minimum atomic E-state index is 0.474. The maximum Gasteiger partial charge on any atom is 0.164 e. The Morgan fingerprint density at radius 3 is 2.35 bits per heavy atom. The van der Waals surface area contributed by atoms with Gasteiger partial charge < -0.3 is 10.6 Å². The van der Waals surface area contributed by atoms with Gasteiger partial charge in [0, 0.05) is 10.6 Å². The molecule has 0 saturated carbocycles. The smallest absolute Gasteiger partial charge is 0.164 e. The van der Waals surface area contributed by atoms with Crippen LogP contribution in [0.25, 0.3) is 0 Å². The normalized spacial score (nSPS) is 19.9. The average Bonchev–Trinajstić information content (AvgIpc) is 2.62. The molecule has 1 aromatic carbocycles. The summed E-state index contributed by atoms with van der Waals surface area (Å²) in [5.74, 6) is 0. The van der Waals surface area contributed by atoms with Crippen LogP contribution in [0.5, 0.6) is 0 Å². The molecule has 0 spiro atoms. The predicted octanol–water partition coefficient (Wildman–Crippen LogP) is 1.08. The maximum atomic E-state index is 6.32. The predicted molar refractivity (Wildman–Crippen MR) is 71.1 cm³/mol. The topological polar surface area (TPSA) is 32.1 Å². The molecule has 1 aromatic rings. The first-order chi connectivity index (χ1) is 8.33. The fourth-order valence-electron chi connectivity index (χ4n) is 2.87. The van der Waals surface area contributed by atoms with Crippen molar-refractivity contribution in [2.45, 2.75) is 31.7 Å². The summed E-state index contributed by atoms with van der Waals surface area (Å²) in [6.07, 6.45) is 5.46. The van der Waals surface area contributed by atoms with Crippen molar-refractivity contribution in [1.82, 2.24) is 0 Å². The summed E-state index contributed by atoms with van der Waals surface area (Å²) in [7, 11) is 0. The zero-order valence-electron chi connectivity index (χ0n) is 10.4. The van der Waals surface area contributed by atoms with Gasteiger partial charge in [-0.1, -0.05) is 29.8 Å². The lowest BCUT2D eigenvalue weighted by molar-refractivity contribution is -0.937. The van der Waals surface area contributed by atoms with Crippen LogP contribution in [0, 0.1) is 0 Å². The van der Waals surface area contributed by atoms with E-state index in [0.717, 1.165) is 11.6 Å². The summed E-state index contributed by atoms with van der Waals surface area (Å²) < 4.78 is 0. The van der Waals surface area contributed by atoms with E-state index in [1.807, 2.05) is 12.1 Å². The molecule has 3 heteroatoms. The molecular weight excluding hydrogens is 232 g/mol. The van der Waals surface area contributed by atoms with Crippen molar-refractivity contribution in [3.63, 3.8) is 0 Å². The Bertz CT molecular complexity index is 346. The lowest BCUT2D eigenvalue weighted by atomic mass is 10.0. The van der Waals surface area contributed by atoms with Crippen LogP contribution in [0.3, 0.4) is 0 Å². The van der Waals surface area contributed by atoms with E-state index in [0.29, 0.717) is 6.04 Å². The summed E-state index contributed by atoms with van der Waals surface area (Å²) >= 11 is 6.32. The number of hydrogen-bond acceptors (Lipinski definition) is 0. The molecule has 1 aliphatic heterocycles. The van der Waals surface area contributed by atoms with E-state index in [4.69, 9.17) is 11.6 Å². The lowest BCUT2D eigenvalue weighted by Crippen LogP contribution is -3.13. The fraction of sp³-hybridized carbons (Fsp3) is 0.571. The number of quaternary nitrogens is 2. The molecule has 1 aliphatic rings.